The normalized spacial score (nSPS) is 36.3. The zero-order chi connectivity index (χ0) is 7.03. The quantitative estimate of drug-likeness (QED) is 0.585. The van der Waals surface area contributed by atoms with E-state index in [1.165, 1.54) is 38.8 Å². The summed E-state index contributed by atoms with van der Waals surface area (Å²) in [6.45, 7) is 2.42. The van der Waals surface area contributed by atoms with Crippen LogP contribution in [0.1, 0.15) is 25.7 Å². The molecule has 2 heteroatoms. The van der Waals surface area contributed by atoms with Gasteiger partial charge in [0.2, 0.25) is 0 Å². The van der Waals surface area contributed by atoms with E-state index in [1.54, 1.807) is 0 Å². The number of hydrogen-bond donors (Lipinski definition) is 2. The molecule has 1 aliphatic carbocycles. The van der Waals surface area contributed by atoms with E-state index in [4.69, 9.17) is 5.73 Å². The molecule has 0 unspecified atom stereocenters. The monoisotopic (exact) mass is 140 g/mol. The Morgan fingerprint density at radius 1 is 1.50 bits per heavy atom. The first-order chi connectivity index (χ1) is 4.79. The van der Waals surface area contributed by atoms with E-state index in [1.807, 2.05) is 0 Å². The molecule has 3 N–H and O–H groups in total. The average molecular weight is 140 g/mol. The first kappa shape index (κ1) is 6.62. The average Bonchev–Trinajstić information content (AvgIpc) is 2.47. The highest BCUT2D eigenvalue weighted by Crippen LogP contribution is 2.39. The van der Waals surface area contributed by atoms with Gasteiger partial charge in [-0.1, -0.05) is 0 Å². The third-order valence-corrected chi connectivity index (χ3v) is 2.75. The van der Waals surface area contributed by atoms with Gasteiger partial charge in [-0.05, 0) is 44.7 Å². The van der Waals surface area contributed by atoms with Crippen LogP contribution in [-0.2, 0) is 0 Å². The van der Waals surface area contributed by atoms with Crippen molar-refractivity contribution in [1.29, 1.82) is 0 Å². The van der Waals surface area contributed by atoms with Crippen molar-refractivity contribution in [2.75, 3.05) is 13.1 Å². The van der Waals surface area contributed by atoms with Crippen molar-refractivity contribution in [2.45, 2.75) is 31.2 Å². The van der Waals surface area contributed by atoms with E-state index in [-0.39, 0.29) is 5.54 Å². The molecule has 1 aliphatic heterocycles. The minimum absolute atomic E-state index is 0.274. The van der Waals surface area contributed by atoms with Crippen molar-refractivity contribution < 1.29 is 0 Å². The Hall–Kier alpha value is -0.0800. The Morgan fingerprint density at radius 3 is 2.80 bits per heavy atom. The molecule has 2 nitrogen and oxygen atoms in total. The lowest BCUT2D eigenvalue weighted by molar-refractivity contribution is 0.452. The van der Waals surface area contributed by atoms with Gasteiger partial charge in [-0.3, -0.25) is 0 Å². The highest BCUT2D eigenvalue weighted by Gasteiger charge is 2.40. The summed E-state index contributed by atoms with van der Waals surface area (Å²) in [5, 5.41) is 3.37. The van der Waals surface area contributed by atoms with Crippen LogP contribution in [0.5, 0.6) is 0 Å². The van der Waals surface area contributed by atoms with Crippen molar-refractivity contribution in [3.05, 3.63) is 0 Å². The maximum absolute atomic E-state index is 6.00. The Kier molecular flexibility index (Phi) is 1.46. The summed E-state index contributed by atoms with van der Waals surface area (Å²) < 4.78 is 0. The lowest BCUT2D eigenvalue weighted by Gasteiger charge is -2.13. The summed E-state index contributed by atoms with van der Waals surface area (Å²) >= 11 is 0. The predicted octanol–water partition coefficient (Wildman–Crippen LogP) is 0.477. The minimum Gasteiger partial charge on any atom is -0.325 e. The standard InChI is InChI=1S/C8H16N2/c9-8(2-3-8)5-7-1-4-10-6-7/h7,10H,1-6,9H2/t7-/m1/s1. The first-order valence-electron chi connectivity index (χ1n) is 4.28. The largest absolute Gasteiger partial charge is 0.325 e. The minimum atomic E-state index is 0.274. The summed E-state index contributed by atoms with van der Waals surface area (Å²) in [5.74, 6) is 0.882. The van der Waals surface area contributed by atoms with Gasteiger partial charge in [0.1, 0.15) is 0 Å². The smallest absolute Gasteiger partial charge is 0.0158 e. The fourth-order valence-electron chi connectivity index (χ4n) is 1.83. The summed E-state index contributed by atoms with van der Waals surface area (Å²) in [7, 11) is 0. The van der Waals surface area contributed by atoms with Gasteiger partial charge in [-0.15, -0.1) is 0 Å². The van der Waals surface area contributed by atoms with Gasteiger partial charge in [-0.25, -0.2) is 0 Å². The lowest BCUT2D eigenvalue weighted by atomic mass is 9.98. The second-order valence-corrected chi connectivity index (χ2v) is 3.93. The molecule has 0 spiro atoms. The van der Waals surface area contributed by atoms with Crippen LogP contribution in [0.4, 0.5) is 0 Å². The van der Waals surface area contributed by atoms with Gasteiger partial charge >= 0.3 is 0 Å². The van der Waals surface area contributed by atoms with Crippen molar-refractivity contribution in [3.63, 3.8) is 0 Å². The molecule has 0 amide bonds. The van der Waals surface area contributed by atoms with Crippen LogP contribution in [-0.4, -0.2) is 18.6 Å². The predicted molar refractivity (Wildman–Crippen MR) is 41.7 cm³/mol. The van der Waals surface area contributed by atoms with E-state index < -0.39 is 0 Å². The van der Waals surface area contributed by atoms with Crippen LogP contribution in [0.3, 0.4) is 0 Å². The zero-order valence-corrected chi connectivity index (χ0v) is 6.40. The van der Waals surface area contributed by atoms with Crippen LogP contribution >= 0.6 is 0 Å². The van der Waals surface area contributed by atoms with Crippen LogP contribution in [0.25, 0.3) is 0 Å². The Balaban J connectivity index is 1.78. The Bertz CT molecular complexity index is 123. The molecule has 0 bridgehead atoms. The van der Waals surface area contributed by atoms with E-state index >= 15 is 0 Å². The molecular weight excluding hydrogens is 124 g/mol. The molecule has 2 rings (SSSR count). The fraction of sp³-hybridized carbons (Fsp3) is 1.00. The number of nitrogens with one attached hydrogen (secondary N) is 1. The second kappa shape index (κ2) is 2.21. The first-order valence-corrected chi connectivity index (χ1v) is 4.28. The maximum atomic E-state index is 6.00. The molecule has 0 aromatic rings. The number of rotatable bonds is 2. The van der Waals surface area contributed by atoms with Crippen molar-refractivity contribution in [2.24, 2.45) is 11.7 Å². The van der Waals surface area contributed by atoms with Gasteiger partial charge in [0.25, 0.3) is 0 Å². The van der Waals surface area contributed by atoms with Gasteiger partial charge < -0.3 is 11.1 Å². The Morgan fingerprint density at radius 2 is 2.30 bits per heavy atom. The van der Waals surface area contributed by atoms with Gasteiger partial charge in [0.05, 0.1) is 0 Å². The highest BCUT2D eigenvalue weighted by atomic mass is 14.9. The summed E-state index contributed by atoms with van der Waals surface area (Å²) in [6, 6.07) is 0. The van der Waals surface area contributed by atoms with Crippen LogP contribution in [0.15, 0.2) is 0 Å². The SMILES string of the molecule is NC1(C[C@H]2CCNC2)CC1. The maximum Gasteiger partial charge on any atom is 0.0158 e. The lowest BCUT2D eigenvalue weighted by Crippen LogP contribution is -2.26. The molecule has 1 atom stereocenters. The number of hydrogen-bond acceptors (Lipinski definition) is 2. The summed E-state index contributed by atoms with van der Waals surface area (Å²) in [5.41, 5.74) is 6.27. The molecule has 1 heterocycles. The molecule has 2 fully saturated rings. The molecule has 10 heavy (non-hydrogen) atoms. The second-order valence-electron chi connectivity index (χ2n) is 3.93. The summed E-state index contributed by atoms with van der Waals surface area (Å²) in [6.07, 6.45) is 5.14. The third-order valence-electron chi connectivity index (χ3n) is 2.75. The van der Waals surface area contributed by atoms with Crippen molar-refractivity contribution in [1.82, 2.24) is 5.32 Å². The molecule has 1 saturated heterocycles. The zero-order valence-electron chi connectivity index (χ0n) is 6.40. The van der Waals surface area contributed by atoms with Crippen LogP contribution in [0.2, 0.25) is 0 Å². The summed E-state index contributed by atoms with van der Waals surface area (Å²) in [4.78, 5) is 0. The Labute approximate surface area is 62.2 Å². The van der Waals surface area contributed by atoms with Gasteiger partial charge in [0, 0.05) is 5.54 Å². The van der Waals surface area contributed by atoms with E-state index in [0.29, 0.717) is 0 Å². The topological polar surface area (TPSA) is 38.0 Å². The van der Waals surface area contributed by atoms with Crippen molar-refractivity contribution >= 4 is 0 Å². The molecule has 0 radical (unpaired) electrons. The molecule has 1 saturated carbocycles. The number of nitrogens with two attached hydrogens (primary N) is 1. The molecular formula is C8H16N2. The molecule has 0 aromatic carbocycles. The third kappa shape index (κ3) is 1.32. The van der Waals surface area contributed by atoms with E-state index in [0.717, 1.165) is 5.92 Å². The molecule has 2 aliphatic rings. The van der Waals surface area contributed by atoms with Crippen molar-refractivity contribution in [3.8, 4) is 0 Å². The fourth-order valence-corrected chi connectivity index (χ4v) is 1.83. The van der Waals surface area contributed by atoms with Crippen LogP contribution < -0.4 is 11.1 Å². The highest BCUT2D eigenvalue weighted by molar-refractivity contribution is 5.00. The molecule has 0 aromatic heterocycles. The van der Waals surface area contributed by atoms with Gasteiger partial charge in [-0.2, -0.15) is 0 Å². The molecule has 58 valence electrons. The van der Waals surface area contributed by atoms with E-state index in [9.17, 15) is 0 Å². The van der Waals surface area contributed by atoms with Crippen LogP contribution in [0, 0.1) is 5.92 Å². The van der Waals surface area contributed by atoms with E-state index in [2.05, 4.69) is 5.32 Å². The van der Waals surface area contributed by atoms with Gasteiger partial charge in [0.15, 0.2) is 0 Å².